The first-order valence-corrected chi connectivity index (χ1v) is 9.34. The normalized spacial score (nSPS) is 14.6. The van der Waals surface area contributed by atoms with Gasteiger partial charge in [0.25, 0.3) is 0 Å². The second-order valence-electron chi connectivity index (χ2n) is 6.86. The standard InChI is InChI=1S/C17H21F3N6O3/c1-2-13(25-14-6-3-5-12(14)15(23-25)17(18,19)20)16(27)21-7-4-8-24-10-11(9-22-24)26(28)29/h9-10,13H,2-8H2,1H3,(H,21,27). The average molecular weight is 414 g/mol. The first-order valence-electron chi connectivity index (χ1n) is 9.34. The number of rotatable bonds is 8. The molecule has 29 heavy (non-hydrogen) atoms. The number of nitrogens with one attached hydrogen (secondary N) is 1. The average Bonchev–Trinajstić information content (AvgIpc) is 3.35. The van der Waals surface area contributed by atoms with Crippen LogP contribution in [0, 0.1) is 10.1 Å². The number of alkyl halides is 3. The van der Waals surface area contributed by atoms with Crippen LogP contribution in [0.15, 0.2) is 12.4 Å². The van der Waals surface area contributed by atoms with Gasteiger partial charge in [0.2, 0.25) is 5.91 Å². The summed E-state index contributed by atoms with van der Waals surface area (Å²) in [6, 6.07) is -0.816. The molecule has 9 nitrogen and oxygen atoms in total. The van der Waals surface area contributed by atoms with Crippen LogP contribution in [0.3, 0.4) is 0 Å². The van der Waals surface area contributed by atoms with E-state index < -0.39 is 28.7 Å². The molecule has 0 saturated heterocycles. The van der Waals surface area contributed by atoms with Crippen molar-refractivity contribution in [1.82, 2.24) is 24.9 Å². The topological polar surface area (TPSA) is 108 Å². The molecule has 1 N–H and O–H groups in total. The molecule has 0 aromatic carbocycles. The lowest BCUT2D eigenvalue weighted by atomic mass is 10.1. The lowest BCUT2D eigenvalue weighted by Crippen LogP contribution is -2.34. The molecule has 2 aromatic rings. The minimum absolute atomic E-state index is 0.118. The van der Waals surface area contributed by atoms with Gasteiger partial charge < -0.3 is 5.32 Å². The summed E-state index contributed by atoms with van der Waals surface area (Å²) in [5, 5.41) is 21.0. The van der Waals surface area contributed by atoms with E-state index in [1.165, 1.54) is 15.6 Å². The van der Waals surface area contributed by atoms with Gasteiger partial charge in [-0.25, -0.2) is 0 Å². The molecule has 0 fully saturated rings. The summed E-state index contributed by atoms with van der Waals surface area (Å²) in [5.74, 6) is -0.398. The zero-order valence-electron chi connectivity index (χ0n) is 15.8. The van der Waals surface area contributed by atoms with E-state index in [-0.39, 0.29) is 17.8 Å². The first kappa shape index (κ1) is 20.8. The van der Waals surface area contributed by atoms with Crippen molar-refractivity contribution in [3.05, 3.63) is 39.5 Å². The number of fused-ring (bicyclic) bond motifs is 1. The second-order valence-corrected chi connectivity index (χ2v) is 6.86. The molecule has 1 atom stereocenters. The predicted octanol–water partition coefficient (Wildman–Crippen LogP) is 2.65. The first-order chi connectivity index (χ1) is 13.7. The third-order valence-corrected chi connectivity index (χ3v) is 4.91. The molecule has 0 aliphatic heterocycles. The molecule has 2 aromatic heterocycles. The highest BCUT2D eigenvalue weighted by molar-refractivity contribution is 5.80. The Bertz CT molecular complexity index is 905. The number of aromatic nitrogens is 4. The monoisotopic (exact) mass is 414 g/mol. The molecule has 0 saturated carbocycles. The SMILES string of the molecule is CCC(C(=O)NCCCn1cc([N+](=O)[O-])cn1)n1nc(C(F)(F)F)c2c1CCC2. The van der Waals surface area contributed by atoms with Crippen LogP contribution in [0.5, 0.6) is 0 Å². The number of nitrogens with zero attached hydrogens (tertiary/aromatic N) is 5. The third kappa shape index (κ3) is 4.40. The Morgan fingerprint density at radius 2 is 2.17 bits per heavy atom. The Labute approximate surface area is 164 Å². The fraction of sp³-hybridized carbons (Fsp3) is 0.588. The van der Waals surface area contributed by atoms with E-state index in [2.05, 4.69) is 15.5 Å². The van der Waals surface area contributed by atoms with Crippen molar-refractivity contribution in [3.8, 4) is 0 Å². The number of halogens is 3. The number of aryl methyl sites for hydroxylation is 1. The van der Waals surface area contributed by atoms with Gasteiger partial charge in [0.15, 0.2) is 5.69 Å². The van der Waals surface area contributed by atoms with Gasteiger partial charge in [0, 0.05) is 24.3 Å². The zero-order chi connectivity index (χ0) is 21.2. The van der Waals surface area contributed by atoms with Crippen LogP contribution in [-0.2, 0) is 30.4 Å². The summed E-state index contributed by atoms with van der Waals surface area (Å²) in [4.78, 5) is 22.7. The minimum atomic E-state index is -4.54. The van der Waals surface area contributed by atoms with E-state index in [0.717, 1.165) is 6.20 Å². The van der Waals surface area contributed by atoms with Gasteiger partial charge in [0.1, 0.15) is 18.4 Å². The van der Waals surface area contributed by atoms with Crippen LogP contribution in [0.2, 0.25) is 0 Å². The highest BCUT2D eigenvalue weighted by Crippen LogP contribution is 2.37. The summed E-state index contributed by atoms with van der Waals surface area (Å²) in [6.45, 7) is 2.35. The Balaban J connectivity index is 1.61. The maximum absolute atomic E-state index is 13.3. The van der Waals surface area contributed by atoms with Gasteiger partial charge in [-0.2, -0.15) is 23.4 Å². The Morgan fingerprint density at radius 3 is 2.79 bits per heavy atom. The van der Waals surface area contributed by atoms with Crippen molar-refractivity contribution >= 4 is 11.6 Å². The molecular weight excluding hydrogens is 393 g/mol. The number of nitro groups is 1. The van der Waals surface area contributed by atoms with Crippen LogP contribution in [0.1, 0.15) is 49.2 Å². The van der Waals surface area contributed by atoms with Crippen LogP contribution in [-0.4, -0.2) is 36.9 Å². The molecule has 1 unspecified atom stereocenters. The number of carbonyl (C=O) groups excluding carboxylic acids is 1. The van der Waals surface area contributed by atoms with Gasteiger partial charge in [-0.1, -0.05) is 6.92 Å². The Morgan fingerprint density at radius 1 is 1.41 bits per heavy atom. The Kier molecular flexibility index (Phi) is 5.89. The predicted molar refractivity (Wildman–Crippen MR) is 95.1 cm³/mol. The largest absolute Gasteiger partial charge is 0.435 e. The second kappa shape index (κ2) is 8.21. The highest BCUT2D eigenvalue weighted by atomic mass is 19.4. The number of carbonyl (C=O) groups is 1. The van der Waals surface area contributed by atoms with E-state index in [1.54, 1.807) is 6.92 Å². The summed E-state index contributed by atoms with van der Waals surface area (Å²) < 4.78 is 42.4. The molecule has 1 amide bonds. The molecule has 0 bridgehead atoms. The van der Waals surface area contributed by atoms with Crippen LogP contribution in [0.25, 0.3) is 0 Å². The van der Waals surface area contributed by atoms with Crippen molar-refractivity contribution in [3.63, 3.8) is 0 Å². The summed E-state index contributed by atoms with van der Waals surface area (Å²) in [6.07, 6.45) is 0.0723. The molecule has 158 valence electrons. The van der Waals surface area contributed by atoms with Crippen molar-refractivity contribution in [2.45, 2.75) is 57.8 Å². The van der Waals surface area contributed by atoms with Gasteiger partial charge in [0.05, 0.1) is 4.92 Å². The molecule has 1 aliphatic rings. The van der Waals surface area contributed by atoms with Crippen molar-refractivity contribution in [2.75, 3.05) is 6.54 Å². The van der Waals surface area contributed by atoms with E-state index >= 15 is 0 Å². The van der Waals surface area contributed by atoms with Crippen molar-refractivity contribution < 1.29 is 22.9 Å². The fourth-order valence-corrected chi connectivity index (χ4v) is 3.56. The fourth-order valence-electron chi connectivity index (χ4n) is 3.56. The third-order valence-electron chi connectivity index (χ3n) is 4.91. The minimum Gasteiger partial charge on any atom is -0.354 e. The zero-order valence-corrected chi connectivity index (χ0v) is 15.8. The Hall–Kier alpha value is -2.92. The maximum Gasteiger partial charge on any atom is 0.435 e. The van der Waals surface area contributed by atoms with E-state index in [4.69, 9.17) is 0 Å². The van der Waals surface area contributed by atoms with Crippen LogP contribution in [0.4, 0.5) is 18.9 Å². The maximum atomic E-state index is 13.3. The number of amides is 1. The molecule has 2 heterocycles. The summed E-state index contributed by atoms with van der Waals surface area (Å²) in [7, 11) is 0. The smallest absolute Gasteiger partial charge is 0.354 e. The van der Waals surface area contributed by atoms with Gasteiger partial charge in [-0.15, -0.1) is 0 Å². The molecular formula is C17H21F3N6O3. The van der Waals surface area contributed by atoms with Crippen molar-refractivity contribution in [1.29, 1.82) is 0 Å². The summed E-state index contributed by atoms with van der Waals surface area (Å²) in [5.41, 5.74) is -0.322. The van der Waals surface area contributed by atoms with Gasteiger partial charge >= 0.3 is 11.9 Å². The molecule has 0 radical (unpaired) electrons. The van der Waals surface area contributed by atoms with E-state index in [1.807, 2.05) is 0 Å². The number of hydrogen-bond acceptors (Lipinski definition) is 5. The van der Waals surface area contributed by atoms with E-state index in [0.29, 0.717) is 44.3 Å². The molecule has 0 spiro atoms. The lowest BCUT2D eigenvalue weighted by molar-refractivity contribution is -0.385. The molecule has 1 aliphatic carbocycles. The molecule has 12 heteroatoms. The summed E-state index contributed by atoms with van der Waals surface area (Å²) >= 11 is 0. The van der Waals surface area contributed by atoms with Crippen LogP contribution < -0.4 is 5.32 Å². The highest BCUT2D eigenvalue weighted by Gasteiger charge is 2.41. The number of hydrogen-bond donors (Lipinski definition) is 1. The van der Waals surface area contributed by atoms with Gasteiger partial charge in [-0.05, 0) is 32.1 Å². The lowest BCUT2D eigenvalue weighted by Gasteiger charge is -2.18. The van der Waals surface area contributed by atoms with E-state index in [9.17, 15) is 28.1 Å². The van der Waals surface area contributed by atoms with Crippen molar-refractivity contribution in [2.24, 2.45) is 0 Å². The van der Waals surface area contributed by atoms with Gasteiger partial charge in [-0.3, -0.25) is 24.3 Å². The van der Waals surface area contributed by atoms with Crippen LogP contribution >= 0.6 is 0 Å². The molecule has 3 rings (SSSR count). The quantitative estimate of drug-likeness (QED) is 0.406.